The molecular formula is C12H17N3O2. The number of piperidine rings is 1. The van der Waals surface area contributed by atoms with Gasteiger partial charge in [-0.05, 0) is 26.2 Å². The first-order valence-electron chi connectivity index (χ1n) is 5.85. The number of aromatic nitrogens is 2. The lowest BCUT2D eigenvalue weighted by Gasteiger charge is -2.34. The molecule has 1 aliphatic heterocycles. The first kappa shape index (κ1) is 11.8. The van der Waals surface area contributed by atoms with Gasteiger partial charge in [0.25, 0.3) is 0 Å². The summed E-state index contributed by atoms with van der Waals surface area (Å²) in [6.45, 7) is 2.76. The van der Waals surface area contributed by atoms with E-state index in [1.807, 2.05) is 17.9 Å². The molecule has 5 heteroatoms. The van der Waals surface area contributed by atoms with E-state index in [4.69, 9.17) is 4.74 Å². The van der Waals surface area contributed by atoms with Crippen molar-refractivity contribution in [3.8, 4) is 0 Å². The molecule has 2 heterocycles. The Morgan fingerprint density at radius 2 is 2.29 bits per heavy atom. The molecule has 92 valence electrons. The van der Waals surface area contributed by atoms with Gasteiger partial charge in [-0.25, -0.2) is 14.8 Å². The number of aryl methyl sites for hydroxylation is 1. The maximum Gasteiger partial charge on any atom is 0.328 e. The lowest BCUT2D eigenvalue weighted by atomic mass is 10.0. The highest BCUT2D eigenvalue weighted by Gasteiger charge is 2.30. The van der Waals surface area contributed by atoms with Crippen molar-refractivity contribution in [1.82, 2.24) is 9.97 Å². The van der Waals surface area contributed by atoms with E-state index in [0.717, 1.165) is 37.3 Å². The summed E-state index contributed by atoms with van der Waals surface area (Å²) < 4.78 is 4.85. The average molecular weight is 235 g/mol. The van der Waals surface area contributed by atoms with E-state index in [2.05, 4.69) is 9.97 Å². The van der Waals surface area contributed by atoms with Gasteiger partial charge in [0.15, 0.2) is 0 Å². The van der Waals surface area contributed by atoms with Crippen LogP contribution in [0.4, 0.5) is 5.82 Å². The van der Waals surface area contributed by atoms with Crippen molar-refractivity contribution in [1.29, 1.82) is 0 Å². The Bertz CT molecular complexity index is 408. The van der Waals surface area contributed by atoms with Crippen LogP contribution in [-0.4, -0.2) is 35.6 Å². The maximum absolute atomic E-state index is 11.7. The van der Waals surface area contributed by atoms with Crippen LogP contribution in [0.15, 0.2) is 12.4 Å². The third-order valence-corrected chi connectivity index (χ3v) is 3.06. The number of anilines is 1. The number of nitrogens with zero attached hydrogens (tertiary/aromatic N) is 3. The number of carbonyl (C=O) groups is 1. The summed E-state index contributed by atoms with van der Waals surface area (Å²) in [4.78, 5) is 22.1. The first-order chi connectivity index (χ1) is 8.22. The minimum atomic E-state index is -0.206. The van der Waals surface area contributed by atoms with Crippen LogP contribution >= 0.6 is 0 Å². The molecule has 1 atom stereocenters. The number of ether oxygens (including phenoxy) is 1. The second-order valence-electron chi connectivity index (χ2n) is 4.25. The normalized spacial score (nSPS) is 20.1. The fraction of sp³-hybridized carbons (Fsp3) is 0.583. The molecule has 2 rings (SSSR count). The smallest absolute Gasteiger partial charge is 0.328 e. The van der Waals surface area contributed by atoms with Gasteiger partial charge in [-0.1, -0.05) is 0 Å². The number of methoxy groups -OCH3 is 1. The van der Waals surface area contributed by atoms with Crippen LogP contribution in [0.1, 0.15) is 25.0 Å². The Morgan fingerprint density at radius 3 is 3.00 bits per heavy atom. The van der Waals surface area contributed by atoms with Crippen molar-refractivity contribution in [3.05, 3.63) is 18.1 Å². The lowest BCUT2D eigenvalue weighted by Crippen LogP contribution is -2.45. The third-order valence-electron chi connectivity index (χ3n) is 3.06. The van der Waals surface area contributed by atoms with E-state index >= 15 is 0 Å². The van der Waals surface area contributed by atoms with Gasteiger partial charge in [0.05, 0.1) is 7.11 Å². The van der Waals surface area contributed by atoms with Gasteiger partial charge in [0.1, 0.15) is 18.2 Å². The van der Waals surface area contributed by atoms with Crippen molar-refractivity contribution in [3.63, 3.8) is 0 Å². The van der Waals surface area contributed by atoms with Gasteiger partial charge in [0.2, 0.25) is 0 Å². The van der Waals surface area contributed by atoms with Crippen LogP contribution in [0, 0.1) is 6.92 Å². The number of esters is 1. The Labute approximate surface area is 101 Å². The van der Waals surface area contributed by atoms with Crippen LogP contribution in [0.3, 0.4) is 0 Å². The highest BCUT2D eigenvalue weighted by Crippen LogP contribution is 2.23. The molecule has 0 aromatic carbocycles. The minimum Gasteiger partial charge on any atom is -0.467 e. The van der Waals surface area contributed by atoms with Crippen LogP contribution in [0.5, 0.6) is 0 Å². The van der Waals surface area contributed by atoms with Crippen molar-refractivity contribution in [2.75, 3.05) is 18.6 Å². The fourth-order valence-corrected chi connectivity index (χ4v) is 2.18. The van der Waals surface area contributed by atoms with E-state index in [-0.39, 0.29) is 12.0 Å². The van der Waals surface area contributed by atoms with E-state index in [0.29, 0.717) is 0 Å². The van der Waals surface area contributed by atoms with Crippen molar-refractivity contribution < 1.29 is 9.53 Å². The van der Waals surface area contributed by atoms with E-state index in [9.17, 15) is 4.79 Å². The quantitative estimate of drug-likeness (QED) is 0.723. The zero-order valence-corrected chi connectivity index (χ0v) is 10.2. The molecule has 1 unspecified atom stereocenters. The number of carbonyl (C=O) groups excluding carboxylic acids is 1. The average Bonchev–Trinajstić information content (AvgIpc) is 2.38. The van der Waals surface area contributed by atoms with Crippen LogP contribution in [0.25, 0.3) is 0 Å². The molecule has 0 spiro atoms. The van der Waals surface area contributed by atoms with Gasteiger partial charge in [0, 0.05) is 18.3 Å². The Kier molecular flexibility index (Phi) is 3.56. The van der Waals surface area contributed by atoms with E-state index in [1.165, 1.54) is 13.4 Å². The minimum absolute atomic E-state index is 0.180. The fourth-order valence-electron chi connectivity index (χ4n) is 2.18. The SMILES string of the molecule is COC(=O)C1CCCCN1c1cc(C)ncn1. The molecule has 0 amide bonds. The lowest BCUT2D eigenvalue weighted by molar-refractivity contribution is -0.142. The molecule has 5 nitrogen and oxygen atoms in total. The zero-order chi connectivity index (χ0) is 12.3. The standard InChI is InChI=1S/C12H17N3O2/c1-9-7-11(14-8-13-9)15-6-4-3-5-10(15)12(16)17-2/h7-8,10H,3-6H2,1-2H3. The predicted molar refractivity (Wildman–Crippen MR) is 63.8 cm³/mol. The van der Waals surface area contributed by atoms with Crippen molar-refractivity contribution in [2.24, 2.45) is 0 Å². The summed E-state index contributed by atoms with van der Waals surface area (Å²) in [5, 5.41) is 0. The van der Waals surface area contributed by atoms with Gasteiger partial charge in [-0.15, -0.1) is 0 Å². The molecule has 1 aromatic rings. The van der Waals surface area contributed by atoms with Crippen LogP contribution in [-0.2, 0) is 9.53 Å². The summed E-state index contributed by atoms with van der Waals surface area (Å²) >= 11 is 0. The number of hydrogen-bond acceptors (Lipinski definition) is 5. The number of hydrogen-bond donors (Lipinski definition) is 0. The highest BCUT2D eigenvalue weighted by molar-refractivity contribution is 5.79. The molecule has 0 N–H and O–H groups in total. The largest absolute Gasteiger partial charge is 0.467 e. The zero-order valence-electron chi connectivity index (χ0n) is 10.2. The highest BCUT2D eigenvalue weighted by atomic mass is 16.5. The molecule has 17 heavy (non-hydrogen) atoms. The Hall–Kier alpha value is -1.65. The predicted octanol–water partition coefficient (Wildman–Crippen LogP) is 1.32. The summed E-state index contributed by atoms with van der Waals surface area (Å²) in [7, 11) is 1.43. The molecule has 0 bridgehead atoms. The molecule has 1 aromatic heterocycles. The summed E-state index contributed by atoms with van der Waals surface area (Å²) in [5.41, 5.74) is 0.907. The van der Waals surface area contributed by atoms with Crippen LogP contribution in [0.2, 0.25) is 0 Å². The summed E-state index contributed by atoms with van der Waals surface area (Å²) in [6.07, 6.45) is 4.50. The second-order valence-corrected chi connectivity index (χ2v) is 4.25. The van der Waals surface area contributed by atoms with E-state index < -0.39 is 0 Å². The molecule has 1 aliphatic rings. The molecule has 1 saturated heterocycles. The Morgan fingerprint density at radius 1 is 1.47 bits per heavy atom. The molecule has 0 radical (unpaired) electrons. The summed E-state index contributed by atoms with van der Waals surface area (Å²) in [5.74, 6) is 0.633. The first-order valence-corrected chi connectivity index (χ1v) is 5.85. The molecule has 0 aliphatic carbocycles. The maximum atomic E-state index is 11.7. The molecule has 0 saturated carbocycles. The number of rotatable bonds is 2. The van der Waals surface area contributed by atoms with Gasteiger partial charge in [-0.3, -0.25) is 0 Å². The Balaban J connectivity index is 2.24. The molecule has 1 fully saturated rings. The molecular weight excluding hydrogens is 218 g/mol. The van der Waals surface area contributed by atoms with E-state index in [1.54, 1.807) is 0 Å². The van der Waals surface area contributed by atoms with Gasteiger partial charge >= 0.3 is 5.97 Å². The monoisotopic (exact) mass is 235 g/mol. The van der Waals surface area contributed by atoms with Gasteiger partial charge < -0.3 is 9.64 Å². The topological polar surface area (TPSA) is 55.3 Å². The van der Waals surface area contributed by atoms with Crippen molar-refractivity contribution in [2.45, 2.75) is 32.2 Å². The van der Waals surface area contributed by atoms with Crippen LogP contribution < -0.4 is 4.90 Å². The van der Waals surface area contributed by atoms with Gasteiger partial charge in [-0.2, -0.15) is 0 Å². The second kappa shape index (κ2) is 5.12. The third kappa shape index (κ3) is 2.54. The summed E-state index contributed by atoms with van der Waals surface area (Å²) in [6, 6.07) is 1.70. The van der Waals surface area contributed by atoms with Crippen molar-refractivity contribution >= 4 is 11.8 Å².